The van der Waals surface area contributed by atoms with Gasteiger partial charge in [-0.2, -0.15) is 0 Å². The maximum atomic E-state index is 2.50. The highest BCUT2D eigenvalue weighted by atomic mass is 14.3. The van der Waals surface area contributed by atoms with E-state index in [9.17, 15) is 0 Å². The monoisotopic (exact) mass is 612 g/mol. The van der Waals surface area contributed by atoms with Gasteiger partial charge in [-0.05, 0) is 139 Å². The van der Waals surface area contributed by atoms with Crippen molar-refractivity contribution < 1.29 is 0 Å². The minimum atomic E-state index is 0.953. The predicted molar refractivity (Wildman–Crippen MR) is 199 cm³/mol. The average molecular weight is 613 g/mol. The third kappa shape index (κ3) is 4.59. The lowest BCUT2D eigenvalue weighted by molar-refractivity contribution is 1.05. The molecule has 0 aliphatic heterocycles. The van der Waals surface area contributed by atoms with Crippen LogP contribution in [0.1, 0.15) is 66.8 Å². The summed E-state index contributed by atoms with van der Waals surface area (Å²) >= 11 is 0. The third-order valence-corrected chi connectivity index (χ3v) is 11.1. The molecule has 3 aliphatic carbocycles. The lowest BCUT2D eigenvalue weighted by Gasteiger charge is -2.15. The fraction of sp³-hybridized carbons (Fsp3) is 0.125. The summed E-state index contributed by atoms with van der Waals surface area (Å²) in [4.78, 5) is 0. The molecule has 0 nitrogen and oxygen atoms in total. The standard InChI is InChI=1S/C48H36/c1-4-16-40-37(10-1)28-46-34(13-7-19-43(40)46)25-31-22-32(26-35-14-8-20-44-41-17-5-2-11-38(41)29-47(35)44)24-33(23-31)27-36-15-9-21-45-42-18-6-3-12-39(42)30-48(36)45/h1-24H,25-30H2. The van der Waals surface area contributed by atoms with Gasteiger partial charge in [0.15, 0.2) is 0 Å². The van der Waals surface area contributed by atoms with E-state index in [1.807, 2.05) is 0 Å². The van der Waals surface area contributed by atoms with Crippen LogP contribution in [0.15, 0.2) is 146 Å². The fourth-order valence-electron chi connectivity index (χ4n) is 8.97. The summed E-state index contributed by atoms with van der Waals surface area (Å²) in [5.74, 6) is 0. The van der Waals surface area contributed by atoms with Crippen LogP contribution in [-0.4, -0.2) is 0 Å². The maximum Gasteiger partial charge on any atom is -0.00106 e. The highest BCUT2D eigenvalue weighted by molar-refractivity contribution is 5.80. The van der Waals surface area contributed by atoms with Crippen LogP contribution in [-0.2, 0) is 38.5 Å². The second kappa shape index (κ2) is 11.1. The Morgan fingerprint density at radius 1 is 0.292 bits per heavy atom. The summed E-state index contributed by atoms with van der Waals surface area (Å²) < 4.78 is 0. The Bertz CT molecular complexity index is 2120. The van der Waals surface area contributed by atoms with E-state index < -0.39 is 0 Å². The summed E-state index contributed by atoms with van der Waals surface area (Å²) in [5, 5.41) is 0. The Hall–Kier alpha value is -5.46. The molecule has 7 aromatic rings. The summed E-state index contributed by atoms with van der Waals surface area (Å²) in [5.41, 5.74) is 25.9. The SMILES string of the molecule is c1ccc2c(c1)Cc1c(Cc3cc(Cc4cccc5c4Cc4ccccc4-5)cc(Cc4cccc5c4Cc4ccccc4-5)c3)cccc1-2. The normalized spacial score (nSPS) is 13.0. The van der Waals surface area contributed by atoms with E-state index in [2.05, 4.69) is 146 Å². The van der Waals surface area contributed by atoms with Gasteiger partial charge >= 0.3 is 0 Å². The van der Waals surface area contributed by atoms with Gasteiger partial charge in [0.2, 0.25) is 0 Å². The zero-order chi connectivity index (χ0) is 31.6. The van der Waals surface area contributed by atoms with E-state index in [-0.39, 0.29) is 0 Å². The van der Waals surface area contributed by atoms with Crippen molar-refractivity contribution in [3.05, 3.63) is 212 Å². The molecule has 0 saturated heterocycles. The molecular weight excluding hydrogens is 577 g/mol. The molecule has 0 atom stereocenters. The van der Waals surface area contributed by atoms with Gasteiger partial charge in [0, 0.05) is 0 Å². The van der Waals surface area contributed by atoms with Gasteiger partial charge < -0.3 is 0 Å². The molecule has 0 bridgehead atoms. The summed E-state index contributed by atoms with van der Waals surface area (Å²) in [7, 11) is 0. The summed E-state index contributed by atoms with van der Waals surface area (Å²) in [6.45, 7) is 0. The third-order valence-electron chi connectivity index (χ3n) is 11.1. The molecule has 0 fully saturated rings. The van der Waals surface area contributed by atoms with Crippen molar-refractivity contribution in [3.63, 3.8) is 0 Å². The molecule has 0 radical (unpaired) electrons. The first kappa shape index (κ1) is 27.6. The van der Waals surface area contributed by atoms with Crippen LogP contribution in [0.5, 0.6) is 0 Å². The molecule has 228 valence electrons. The van der Waals surface area contributed by atoms with E-state index in [4.69, 9.17) is 0 Å². The molecule has 0 heteroatoms. The Balaban J connectivity index is 1.04. The largest absolute Gasteiger partial charge is 0.0619 e. The quantitative estimate of drug-likeness (QED) is 0.175. The summed E-state index contributed by atoms with van der Waals surface area (Å²) in [6, 6.07) is 55.1. The number of rotatable bonds is 6. The van der Waals surface area contributed by atoms with Crippen molar-refractivity contribution in [1.29, 1.82) is 0 Å². The Labute approximate surface area is 283 Å². The molecule has 3 aliphatic rings. The minimum absolute atomic E-state index is 0.953. The molecule has 0 unspecified atom stereocenters. The van der Waals surface area contributed by atoms with Gasteiger partial charge in [-0.15, -0.1) is 0 Å². The smallest absolute Gasteiger partial charge is 0.00106 e. The lowest BCUT2D eigenvalue weighted by Crippen LogP contribution is -2.02. The predicted octanol–water partition coefficient (Wildman–Crippen LogP) is 11.2. The van der Waals surface area contributed by atoms with Crippen LogP contribution in [0.4, 0.5) is 0 Å². The van der Waals surface area contributed by atoms with Crippen LogP contribution < -0.4 is 0 Å². The zero-order valence-electron chi connectivity index (χ0n) is 27.1. The van der Waals surface area contributed by atoms with Crippen molar-refractivity contribution in [2.45, 2.75) is 38.5 Å². The molecule has 0 saturated carbocycles. The average Bonchev–Trinajstić information content (AvgIpc) is 3.81. The van der Waals surface area contributed by atoms with Crippen LogP contribution in [0.2, 0.25) is 0 Å². The number of hydrogen-bond donors (Lipinski definition) is 0. The number of benzene rings is 7. The van der Waals surface area contributed by atoms with Gasteiger partial charge in [0.25, 0.3) is 0 Å². The highest BCUT2D eigenvalue weighted by Crippen LogP contribution is 2.42. The molecule has 0 N–H and O–H groups in total. The van der Waals surface area contributed by atoms with Gasteiger partial charge in [0.1, 0.15) is 0 Å². The van der Waals surface area contributed by atoms with Gasteiger partial charge in [0.05, 0.1) is 0 Å². The van der Waals surface area contributed by atoms with Crippen LogP contribution in [0.25, 0.3) is 33.4 Å². The van der Waals surface area contributed by atoms with Crippen LogP contribution >= 0.6 is 0 Å². The molecule has 48 heavy (non-hydrogen) atoms. The second-order valence-corrected chi connectivity index (χ2v) is 14.0. The van der Waals surface area contributed by atoms with Gasteiger partial charge in [-0.1, -0.05) is 146 Å². The Morgan fingerprint density at radius 2 is 0.583 bits per heavy atom. The first-order chi connectivity index (χ1) is 23.7. The van der Waals surface area contributed by atoms with Gasteiger partial charge in [-0.25, -0.2) is 0 Å². The van der Waals surface area contributed by atoms with E-state index in [1.165, 1.54) is 100 Å². The zero-order valence-corrected chi connectivity index (χ0v) is 27.1. The topological polar surface area (TPSA) is 0 Å². The summed E-state index contributed by atoms with van der Waals surface area (Å²) in [6.07, 6.45) is 5.95. The molecule has 7 aromatic carbocycles. The molecular formula is C48H36. The fourth-order valence-corrected chi connectivity index (χ4v) is 8.97. The molecule has 0 aromatic heterocycles. The number of fused-ring (bicyclic) bond motifs is 9. The van der Waals surface area contributed by atoms with E-state index in [0.717, 1.165) is 38.5 Å². The number of hydrogen-bond acceptors (Lipinski definition) is 0. The van der Waals surface area contributed by atoms with Gasteiger partial charge in [-0.3, -0.25) is 0 Å². The van der Waals surface area contributed by atoms with Crippen molar-refractivity contribution in [2.24, 2.45) is 0 Å². The molecule has 0 spiro atoms. The Morgan fingerprint density at radius 3 is 0.917 bits per heavy atom. The first-order valence-electron chi connectivity index (χ1n) is 17.4. The van der Waals surface area contributed by atoms with E-state index in [1.54, 1.807) is 0 Å². The van der Waals surface area contributed by atoms with Crippen molar-refractivity contribution >= 4 is 0 Å². The highest BCUT2D eigenvalue weighted by Gasteiger charge is 2.24. The minimum Gasteiger partial charge on any atom is -0.0619 e. The van der Waals surface area contributed by atoms with Crippen molar-refractivity contribution in [1.82, 2.24) is 0 Å². The van der Waals surface area contributed by atoms with Crippen LogP contribution in [0.3, 0.4) is 0 Å². The second-order valence-electron chi connectivity index (χ2n) is 14.0. The Kier molecular flexibility index (Phi) is 6.37. The van der Waals surface area contributed by atoms with Crippen molar-refractivity contribution in [2.75, 3.05) is 0 Å². The van der Waals surface area contributed by atoms with Crippen molar-refractivity contribution in [3.8, 4) is 33.4 Å². The van der Waals surface area contributed by atoms with E-state index >= 15 is 0 Å². The van der Waals surface area contributed by atoms with E-state index in [0.29, 0.717) is 0 Å². The lowest BCUT2D eigenvalue weighted by atomic mass is 9.89. The first-order valence-corrected chi connectivity index (χ1v) is 17.4. The molecule has 10 rings (SSSR count). The molecule has 0 amide bonds. The maximum absolute atomic E-state index is 2.50. The molecule has 0 heterocycles. The van der Waals surface area contributed by atoms with Crippen LogP contribution in [0, 0.1) is 0 Å².